The van der Waals surface area contributed by atoms with Crippen molar-refractivity contribution in [3.63, 3.8) is 0 Å². The zero-order valence-electron chi connectivity index (χ0n) is 9.56. The molecule has 1 aromatic rings. The van der Waals surface area contributed by atoms with Crippen LogP contribution in [0.3, 0.4) is 0 Å². The molecular weight excluding hydrogens is 277 g/mol. The minimum absolute atomic E-state index is 0.238. The Hall–Kier alpha value is 0.0500. The van der Waals surface area contributed by atoms with Crippen LogP contribution in [-0.2, 0) is 6.54 Å². The van der Waals surface area contributed by atoms with Gasteiger partial charge in [-0.15, -0.1) is 11.6 Å². The lowest BCUT2D eigenvalue weighted by Gasteiger charge is -2.28. The summed E-state index contributed by atoms with van der Waals surface area (Å²) in [5.74, 6) is 0. The number of halogens is 3. The SMILES string of the molecule is Clc1cccc(CNC2CCCCC2Cl)c1Cl. The standard InChI is InChI=1S/C13H16Cl3N/c14-10-5-1-2-7-12(10)17-8-9-4-3-6-11(15)13(9)16/h3-4,6,10,12,17H,1-2,5,7-8H2. The zero-order chi connectivity index (χ0) is 12.3. The molecule has 0 aromatic heterocycles. The van der Waals surface area contributed by atoms with E-state index in [2.05, 4.69) is 5.32 Å². The molecule has 1 aliphatic carbocycles. The average Bonchev–Trinajstić information content (AvgIpc) is 2.33. The largest absolute Gasteiger partial charge is 0.308 e. The molecule has 2 atom stereocenters. The van der Waals surface area contributed by atoms with Gasteiger partial charge in [0.15, 0.2) is 0 Å². The number of nitrogens with one attached hydrogen (secondary N) is 1. The van der Waals surface area contributed by atoms with E-state index in [1.54, 1.807) is 6.07 Å². The van der Waals surface area contributed by atoms with E-state index < -0.39 is 0 Å². The van der Waals surface area contributed by atoms with Gasteiger partial charge in [0.1, 0.15) is 0 Å². The van der Waals surface area contributed by atoms with Crippen molar-refractivity contribution >= 4 is 34.8 Å². The van der Waals surface area contributed by atoms with E-state index >= 15 is 0 Å². The van der Waals surface area contributed by atoms with Gasteiger partial charge in [0.05, 0.1) is 10.0 Å². The van der Waals surface area contributed by atoms with E-state index in [4.69, 9.17) is 34.8 Å². The van der Waals surface area contributed by atoms with E-state index in [0.717, 1.165) is 24.9 Å². The molecule has 2 rings (SSSR count). The first kappa shape index (κ1) is 13.5. The predicted molar refractivity (Wildman–Crippen MR) is 75.2 cm³/mol. The Labute approximate surface area is 117 Å². The third-order valence-electron chi connectivity index (χ3n) is 3.27. The molecule has 0 aliphatic heterocycles. The molecule has 0 bridgehead atoms. The molecule has 0 amide bonds. The molecule has 17 heavy (non-hydrogen) atoms. The topological polar surface area (TPSA) is 12.0 Å². The Morgan fingerprint density at radius 1 is 1.18 bits per heavy atom. The number of hydrogen-bond acceptors (Lipinski definition) is 1. The van der Waals surface area contributed by atoms with Crippen molar-refractivity contribution in [2.45, 2.75) is 43.6 Å². The highest BCUT2D eigenvalue weighted by Gasteiger charge is 2.22. The van der Waals surface area contributed by atoms with Crippen LogP contribution in [0.15, 0.2) is 18.2 Å². The highest BCUT2D eigenvalue weighted by Crippen LogP contribution is 2.27. The first-order chi connectivity index (χ1) is 8.18. The van der Waals surface area contributed by atoms with Gasteiger partial charge >= 0.3 is 0 Å². The second-order valence-electron chi connectivity index (χ2n) is 4.50. The highest BCUT2D eigenvalue weighted by molar-refractivity contribution is 6.42. The van der Waals surface area contributed by atoms with Crippen molar-refractivity contribution in [3.8, 4) is 0 Å². The Kier molecular flexibility index (Phi) is 4.98. The van der Waals surface area contributed by atoms with Crippen LogP contribution in [0.4, 0.5) is 0 Å². The van der Waals surface area contributed by atoms with Crippen LogP contribution in [0, 0.1) is 0 Å². The van der Waals surface area contributed by atoms with E-state index in [1.807, 2.05) is 12.1 Å². The summed E-state index contributed by atoms with van der Waals surface area (Å²) in [6.07, 6.45) is 4.74. The Bertz CT molecular complexity index is 381. The minimum Gasteiger partial charge on any atom is -0.308 e. The van der Waals surface area contributed by atoms with Crippen LogP contribution >= 0.6 is 34.8 Å². The van der Waals surface area contributed by atoms with Crippen molar-refractivity contribution < 1.29 is 0 Å². The van der Waals surface area contributed by atoms with Gasteiger partial charge < -0.3 is 5.32 Å². The second-order valence-corrected chi connectivity index (χ2v) is 5.85. The molecule has 1 aromatic carbocycles. The van der Waals surface area contributed by atoms with Crippen molar-refractivity contribution in [1.29, 1.82) is 0 Å². The normalized spacial score (nSPS) is 24.9. The van der Waals surface area contributed by atoms with Crippen LogP contribution in [0.1, 0.15) is 31.2 Å². The van der Waals surface area contributed by atoms with Crippen LogP contribution in [0.25, 0.3) is 0 Å². The van der Waals surface area contributed by atoms with Crippen LogP contribution < -0.4 is 5.32 Å². The highest BCUT2D eigenvalue weighted by atomic mass is 35.5. The fraction of sp³-hybridized carbons (Fsp3) is 0.538. The molecule has 1 N–H and O–H groups in total. The quantitative estimate of drug-likeness (QED) is 0.801. The predicted octanol–water partition coefficient (Wildman–Crippen LogP) is 4.63. The molecule has 0 radical (unpaired) electrons. The fourth-order valence-corrected chi connectivity index (χ4v) is 3.00. The Morgan fingerprint density at radius 2 is 1.94 bits per heavy atom. The Balaban J connectivity index is 1.95. The summed E-state index contributed by atoms with van der Waals surface area (Å²) in [7, 11) is 0. The summed E-state index contributed by atoms with van der Waals surface area (Å²) in [6, 6.07) is 6.11. The molecule has 1 fully saturated rings. The van der Waals surface area contributed by atoms with Gasteiger partial charge in [-0.05, 0) is 24.5 Å². The first-order valence-corrected chi connectivity index (χ1v) is 7.18. The summed E-state index contributed by atoms with van der Waals surface area (Å²) in [5.41, 5.74) is 1.04. The number of rotatable bonds is 3. The van der Waals surface area contributed by atoms with Crippen LogP contribution in [0.2, 0.25) is 10.0 Å². The van der Waals surface area contributed by atoms with E-state index in [1.165, 1.54) is 12.8 Å². The van der Waals surface area contributed by atoms with E-state index in [0.29, 0.717) is 16.1 Å². The van der Waals surface area contributed by atoms with Gasteiger partial charge in [-0.3, -0.25) is 0 Å². The maximum Gasteiger partial charge on any atom is 0.0637 e. The van der Waals surface area contributed by atoms with E-state index in [-0.39, 0.29) is 5.38 Å². The average molecular weight is 293 g/mol. The molecule has 0 spiro atoms. The van der Waals surface area contributed by atoms with Gasteiger partial charge in [0, 0.05) is 18.0 Å². The molecule has 1 nitrogen and oxygen atoms in total. The number of hydrogen-bond donors (Lipinski definition) is 1. The number of benzene rings is 1. The van der Waals surface area contributed by atoms with Crippen LogP contribution in [-0.4, -0.2) is 11.4 Å². The first-order valence-electron chi connectivity index (χ1n) is 5.99. The lowest BCUT2D eigenvalue weighted by Crippen LogP contribution is -2.38. The molecule has 0 saturated heterocycles. The molecule has 2 unspecified atom stereocenters. The zero-order valence-corrected chi connectivity index (χ0v) is 11.8. The van der Waals surface area contributed by atoms with Crippen molar-refractivity contribution in [2.24, 2.45) is 0 Å². The minimum atomic E-state index is 0.238. The smallest absolute Gasteiger partial charge is 0.0637 e. The van der Waals surface area contributed by atoms with Crippen molar-refractivity contribution in [2.75, 3.05) is 0 Å². The van der Waals surface area contributed by atoms with Crippen molar-refractivity contribution in [1.82, 2.24) is 5.32 Å². The lowest BCUT2D eigenvalue weighted by molar-refractivity contribution is 0.378. The summed E-state index contributed by atoms with van der Waals surface area (Å²) in [5, 5.41) is 4.97. The van der Waals surface area contributed by atoms with E-state index in [9.17, 15) is 0 Å². The second kappa shape index (κ2) is 6.29. The van der Waals surface area contributed by atoms with Crippen molar-refractivity contribution in [3.05, 3.63) is 33.8 Å². The third-order valence-corrected chi connectivity index (χ3v) is 4.65. The summed E-state index contributed by atoms with van der Waals surface area (Å²) >= 11 is 18.4. The molecule has 1 aliphatic rings. The maximum absolute atomic E-state index is 6.30. The number of alkyl halides is 1. The van der Waals surface area contributed by atoms with Gasteiger partial charge in [-0.2, -0.15) is 0 Å². The maximum atomic E-state index is 6.30. The monoisotopic (exact) mass is 291 g/mol. The molecular formula is C13H16Cl3N. The summed E-state index contributed by atoms with van der Waals surface area (Å²) in [4.78, 5) is 0. The van der Waals surface area contributed by atoms with Gasteiger partial charge in [0.2, 0.25) is 0 Å². The fourth-order valence-electron chi connectivity index (χ4n) is 2.24. The molecule has 1 saturated carbocycles. The molecule has 0 heterocycles. The lowest BCUT2D eigenvalue weighted by atomic mass is 9.95. The summed E-state index contributed by atoms with van der Waals surface area (Å²) in [6.45, 7) is 0.729. The summed E-state index contributed by atoms with van der Waals surface area (Å²) < 4.78 is 0. The van der Waals surface area contributed by atoms with Crippen LogP contribution in [0.5, 0.6) is 0 Å². The van der Waals surface area contributed by atoms with Gasteiger partial charge in [-0.1, -0.05) is 48.2 Å². The van der Waals surface area contributed by atoms with Gasteiger partial charge in [-0.25, -0.2) is 0 Å². The molecule has 94 valence electrons. The third kappa shape index (κ3) is 3.51. The molecule has 4 heteroatoms. The Morgan fingerprint density at radius 3 is 2.71 bits per heavy atom. The van der Waals surface area contributed by atoms with Gasteiger partial charge in [0.25, 0.3) is 0 Å².